The minimum absolute atomic E-state index is 0.127. The van der Waals surface area contributed by atoms with E-state index in [-0.39, 0.29) is 30.5 Å². The number of piperidine rings is 1. The van der Waals surface area contributed by atoms with Gasteiger partial charge in [0.1, 0.15) is 0 Å². The Morgan fingerprint density at radius 2 is 2.36 bits per heavy atom. The Morgan fingerprint density at radius 3 is 3.08 bits per heavy atom. The molecule has 0 amide bonds. The molecule has 2 aliphatic heterocycles. The van der Waals surface area contributed by atoms with E-state index in [2.05, 4.69) is 17.1 Å². The molecule has 2 aliphatic carbocycles. The van der Waals surface area contributed by atoms with Gasteiger partial charge < -0.3 is 9.84 Å². The molecule has 3 atom stereocenters. The molecule has 5 heteroatoms. The molecule has 1 saturated carbocycles. The third kappa shape index (κ3) is 2.45. The van der Waals surface area contributed by atoms with E-state index >= 15 is 0 Å². The first-order valence-electron chi connectivity index (χ1n) is 8.96. The van der Waals surface area contributed by atoms with Crippen LogP contribution < -0.4 is 0 Å². The number of fused-ring (bicyclic) bond motifs is 5. The maximum absolute atomic E-state index is 12.7. The summed E-state index contributed by atoms with van der Waals surface area (Å²) in [5.41, 5.74) is 5.51. The number of ether oxygens (including phenoxy) is 1. The lowest BCUT2D eigenvalue weighted by Crippen LogP contribution is -2.56. The summed E-state index contributed by atoms with van der Waals surface area (Å²) < 4.78 is 5.19. The Balaban J connectivity index is 1.86. The van der Waals surface area contributed by atoms with Crippen molar-refractivity contribution < 1.29 is 14.6 Å². The molecule has 1 saturated heterocycles. The van der Waals surface area contributed by atoms with Gasteiger partial charge in [0.05, 0.1) is 37.1 Å². The van der Waals surface area contributed by atoms with Crippen molar-refractivity contribution in [1.29, 1.82) is 0 Å². The highest BCUT2D eigenvalue weighted by molar-refractivity contribution is 6.13. The van der Waals surface area contributed by atoms with Gasteiger partial charge in [-0.05, 0) is 37.0 Å². The smallest absolute Gasteiger partial charge is 0.313 e. The zero-order valence-corrected chi connectivity index (χ0v) is 14.7. The van der Waals surface area contributed by atoms with Gasteiger partial charge in [-0.2, -0.15) is 0 Å². The molecule has 0 radical (unpaired) electrons. The maximum atomic E-state index is 12.7. The summed E-state index contributed by atoms with van der Waals surface area (Å²) in [5.74, 6) is -0.275. The number of β-amino-alcohol motifs (C(OH)–C–C–N with tert-alkyl or cyclic N) is 1. The Morgan fingerprint density at radius 1 is 1.52 bits per heavy atom. The third-order valence-electron chi connectivity index (χ3n) is 5.89. The molecule has 2 heterocycles. The number of hydrogen-bond acceptors (Lipinski definition) is 5. The first-order chi connectivity index (χ1) is 12.2. The van der Waals surface area contributed by atoms with Crippen LogP contribution >= 0.6 is 0 Å². The monoisotopic (exact) mass is 340 g/mol. The molecule has 132 valence electrons. The Bertz CT molecular complexity index is 757. The van der Waals surface area contributed by atoms with Crippen molar-refractivity contribution >= 4 is 11.7 Å². The van der Waals surface area contributed by atoms with E-state index in [1.807, 2.05) is 19.1 Å². The molecule has 2 fully saturated rings. The van der Waals surface area contributed by atoms with Crippen LogP contribution in [0.25, 0.3) is 0 Å². The minimum atomic E-state index is -0.269. The van der Waals surface area contributed by atoms with Crippen LogP contribution in [0.1, 0.15) is 19.8 Å². The maximum Gasteiger partial charge on any atom is 0.313 e. The van der Waals surface area contributed by atoms with Crippen LogP contribution in [-0.2, 0) is 9.53 Å². The van der Waals surface area contributed by atoms with E-state index in [0.717, 1.165) is 36.4 Å². The van der Waals surface area contributed by atoms with Crippen LogP contribution in [0.2, 0.25) is 0 Å². The SMILES string of the molecule is C/C=C1/CN(CCO)[C@H]2C[C@@H]1[C@H](C(=O)OC)C1=C3CC=CC=C3N=C12. The van der Waals surface area contributed by atoms with Gasteiger partial charge in [0, 0.05) is 19.0 Å². The van der Waals surface area contributed by atoms with Crippen molar-refractivity contribution in [2.45, 2.75) is 25.8 Å². The van der Waals surface area contributed by atoms with Crippen molar-refractivity contribution in [2.75, 3.05) is 26.8 Å². The number of aliphatic imine (C=N–C) groups is 1. The number of hydrogen-bond donors (Lipinski definition) is 1. The average molecular weight is 340 g/mol. The van der Waals surface area contributed by atoms with Crippen molar-refractivity contribution in [3.8, 4) is 0 Å². The molecule has 4 rings (SSSR count). The fourth-order valence-corrected chi connectivity index (χ4v) is 4.77. The van der Waals surface area contributed by atoms with E-state index in [1.165, 1.54) is 18.3 Å². The fourth-order valence-electron chi connectivity index (χ4n) is 4.77. The molecule has 5 nitrogen and oxygen atoms in total. The molecule has 4 aliphatic rings. The quantitative estimate of drug-likeness (QED) is 0.631. The zero-order chi connectivity index (χ0) is 17.6. The summed E-state index contributed by atoms with van der Waals surface area (Å²) in [4.78, 5) is 19.9. The van der Waals surface area contributed by atoms with E-state index in [0.29, 0.717) is 6.54 Å². The first kappa shape index (κ1) is 16.5. The number of aliphatic hydroxyl groups excluding tert-OH is 1. The predicted octanol–water partition coefficient (Wildman–Crippen LogP) is 2.01. The van der Waals surface area contributed by atoms with Crippen molar-refractivity contribution in [3.05, 3.63) is 46.7 Å². The van der Waals surface area contributed by atoms with E-state index in [9.17, 15) is 9.90 Å². The lowest BCUT2D eigenvalue weighted by Gasteiger charge is -2.48. The largest absolute Gasteiger partial charge is 0.469 e. The lowest BCUT2D eigenvalue weighted by molar-refractivity contribution is -0.146. The number of aliphatic hydroxyl groups is 1. The number of esters is 1. The van der Waals surface area contributed by atoms with Gasteiger partial charge in [-0.1, -0.05) is 23.8 Å². The summed E-state index contributed by atoms with van der Waals surface area (Å²) in [6.07, 6.45) is 9.97. The van der Waals surface area contributed by atoms with Crippen LogP contribution in [-0.4, -0.2) is 54.5 Å². The topological polar surface area (TPSA) is 62.1 Å². The van der Waals surface area contributed by atoms with Crippen LogP contribution in [0.3, 0.4) is 0 Å². The molecule has 0 aromatic heterocycles. The Labute approximate surface area is 148 Å². The number of methoxy groups -OCH3 is 1. The number of carbonyl (C=O) groups excluding carboxylic acids is 1. The summed E-state index contributed by atoms with van der Waals surface area (Å²) in [6.45, 7) is 3.56. The summed E-state index contributed by atoms with van der Waals surface area (Å²) in [7, 11) is 1.47. The number of nitrogens with zero attached hydrogens (tertiary/aromatic N) is 2. The van der Waals surface area contributed by atoms with Gasteiger partial charge >= 0.3 is 5.97 Å². The van der Waals surface area contributed by atoms with Crippen LogP contribution in [0.5, 0.6) is 0 Å². The molecule has 0 aromatic carbocycles. The Kier molecular flexibility index (Phi) is 4.21. The average Bonchev–Trinajstić information content (AvgIpc) is 3.03. The Hall–Kier alpha value is -1.98. The number of allylic oxidation sites excluding steroid dienone is 5. The third-order valence-corrected chi connectivity index (χ3v) is 5.89. The van der Waals surface area contributed by atoms with Crippen LogP contribution in [0.15, 0.2) is 51.7 Å². The lowest BCUT2D eigenvalue weighted by atomic mass is 9.65. The van der Waals surface area contributed by atoms with E-state index in [4.69, 9.17) is 9.73 Å². The first-order valence-corrected chi connectivity index (χ1v) is 8.96. The predicted molar refractivity (Wildman–Crippen MR) is 96.1 cm³/mol. The van der Waals surface area contributed by atoms with Crippen LogP contribution in [0.4, 0.5) is 0 Å². The highest BCUT2D eigenvalue weighted by atomic mass is 16.5. The van der Waals surface area contributed by atoms with Gasteiger partial charge in [0.15, 0.2) is 0 Å². The molecule has 0 spiro atoms. The molecule has 0 unspecified atom stereocenters. The second-order valence-electron chi connectivity index (χ2n) is 6.99. The van der Waals surface area contributed by atoms with Crippen molar-refractivity contribution in [1.82, 2.24) is 4.90 Å². The normalized spacial score (nSPS) is 32.3. The van der Waals surface area contributed by atoms with E-state index < -0.39 is 0 Å². The zero-order valence-electron chi connectivity index (χ0n) is 14.7. The molecule has 2 bridgehead atoms. The molecular formula is C20H24N2O3. The van der Waals surface area contributed by atoms with Crippen molar-refractivity contribution in [2.24, 2.45) is 16.8 Å². The van der Waals surface area contributed by atoms with Gasteiger partial charge in [-0.25, -0.2) is 0 Å². The van der Waals surface area contributed by atoms with Crippen LogP contribution in [0, 0.1) is 11.8 Å². The molecular weight excluding hydrogens is 316 g/mol. The van der Waals surface area contributed by atoms with Gasteiger partial charge in [-0.15, -0.1) is 0 Å². The second-order valence-corrected chi connectivity index (χ2v) is 6.99. The number of likely N-dealkylation sites (tertiary alicyclic amines) is 1. The highest BCUT2D eigenvalue weighted by Crippen LogP contribution is 2.49. The van der Waals surface area contributed by atoms with E-state index in [1.54, 1.807) is 0 Å². The number of carbonyl (C=O) groups is 1. The standard InChI is InChI=1S/C20H24N2O3/c1-3-12-11-22(8-9-23)16-10-14(12)18(20(24)25-2)17-13-6-4-5-7-15(13)21-19(16)17/h3-5,7,14,16,18,23H,6,8-11H2,1-2H3/b12-3-/t14-,16-,18-/m0/s1. The molecule has 1 N–H and O–H groups in total. The second kappa shape index (κ2) is 6.39. The summed E-state index contributed by atoms with van der Waals surface area (Å²) in [6, 6.07) is 0.163. The number of rotatable bonds is 3. The fraction of sp³-hybridized carbons (Fsp3) is 0.500. The van der Waals surface area contributed by atoms with Gasteiger partial charge in [-0.3, -0.25) is 14.7 Å². The minimum Gasteiger partial charge on any atom is -0.469 e. The molecule has 0 aromatic rings. The molecule has 25 heavy (non-hydrogen) atoms. The van der Waals surface area contributed by atoms with Crippen molar-refractivity contribution in [3.63, 3.8) is 0 Å². The highest BCUT2D eigenvalue weighted by Gasteiger charge is 2.51. The van der Waals surface area contributed by atoms with Gasteiger partial charge in [0.2, 0.25) is 0 Å². The summed E-state index contributed by atoms with van der Waals surface area (Å²) >= 11 is 0. The summed E-state index contributed by atoms with van der Waals surface area (Å²) in [5, 5.41) is 9.49. The van der Waals surface area contributed by atoms with Gasteiger partial charge in [0.25, 0.3) is 0 Å².